The molecule has 1 saturated heterocycles. The number of amidine groups is 1. The summed E-state index contributed by atoms with van der Waals surface area (Å²) in [6, 6.07) is 4.34. The van der Waals surface area contributed by atoms with E-state index < -0.39 is 54.4 Å². The van der Waals surface area contributed by atoms with Crippen LogP contribution in [0.4, 0.5) is 39.0 Å². The molecular weight excluding hydrogens is 543 g/mol. The minimum Gasteiger partial charge on any atom is -0.481 e. The smallest absolute Gasteiger partial charge is 0.416 e. The fourth-order valence-electron chi connectivity index (χ4n) is 4.57. The number of esters is 1. The Morgan fingerprint density at radius 2 is 1.82 bits per heavy atom. The number of methoxy groups -OCH3 is 1. The van der Waals surface area contributed by atoms with E-state index >= 15 is 0 Å². The zero-order chi connectivity index (χ0) is 29.2. The number of benzene rings is 2. The summed E-state index contributed by atoms with van der Waals surface area (Å²) in [7, 11) is 3.30. The number of piperazine rings is 1. The average molecular weight is 571 g/mol. The van der Waals surface area contributed by atoms with Crippen LogP contribution in [0.25, 0.3) is 0 Å². The Kier molecular flexibility index (Phi) is 8.59. The molecule has 0 bridgehead atoms. The second-order valence-corrected chi connectivity index (χ2v) is 9.47. The molecule has 0 aliphatic carbocycles. The number of carbonyl (C=O) groups excluding carboxylic acids is 1. The lowest BCUT2D eigenvalue weighted by molar-refractivity contribution is -0.163. The molecule has 0 amide bonds. The minimum atomic E-state index is -4.71. The first-order valence-corrected chi connectivity index (χ1v) is 12.3. The number of aliphatic imine (C=N–C) groups is 1. The third-order valence-corrected chi connectivity index (χ3v) is 6.68. The van der Waals surface area contributed by atoms with Crippen LogP contribution < -0.4 is 5.32 Å². The number of fused-ring (bicyclic) bond motifs is 2. The number of carboxylic acids is 1. The zero-order valence-corrected chi connectivity index (χ0v) is 21.6. The van der Waals surface area contributed by atoms with Gasteiger partial charge in [-0.15, -0.1) is 0 Å². The number of hydrogen-bond acceptors (Lipinski definition) is 8. The molecule has 0 aromatic heterocycles. The summed E-state index contributed by atoms with van der Waals surface area (Å²) in [5.41, 5.74) is -0.936. The van der Waals surface area contributed by atoms with Gasteiger partial charge < -0.3 is 24.8 Å². The normalized spacial score (nSPS) is 19.2. The topological polar surface area (TPSA) is 104 Å². The van der Waals surface area contributed by atoms with Crippen LogP contribution in [-0.2, 0) is 25.2 Å². The molecule has 2 atom stereocenters. The minimum absolute atomic E-state index is 0.0231. The predicted octanol–water partition coefficient (Wildman–Crippen LogP) is 4.51. The van der Waals surface area contributed by atoms with Gasteiger partial charge in [-0.3, -0.25) is 14.5 Å². The van der Waals surface area contributed by atoms with E-state index in [-0.39, 0.29) is 47.6 Å². The second kappa shape index (κ2) is 11.8. The van der Waals surface area contributed by atoms with E-state index in [9.17, 15) is 31.5 Å². The summed E-state index contributed by atoms with van der Waals surface area (Å²) in [6.07, 6.45) is -6.17. The molecular formula is C26H27F5N4O5. The standard InChI is InChI=1S/C26H27F5N4O5/c1-34-13-22(40-24(38)6-5-23(36)37)35(12-15(34)7-8-39-2)25-16-9-14(26(29,30)31)3-4-19(16)32-20-10-17(27)18(28)11-21(20)33-25/h3-4,9-11,15,22,32H,5-8,12-13H2,1-2H3,(H,36,37)/t15-,22?/m0/s1. The van der Waals surface area contributed by atoms with Gasteiger partial charge in [0.05, 0.1) is 36.3 Å². The second-order valence-electron chi connectivity index (χ2n) is 9.47. The number of anilines is 2. The summed E-state index contributed by atoms with van der Waals surface area (Å²) >= 11 is 0. The number of aliphatic carboxylic acids is 1. The van der Waals surface area contributed by atoms with Crippen LogP contribution in [0.3, 0.4) is 0 Å². The van der Waals surface area contributed by atoms with Gasteiger partial charge in [0, 0.05) is 49.7 Å². The Morgan fingerprint density at radius 3 is 2.50 bits per heavy atom. The molecule has 1 fully saturated rings. The van der Waals surface area contributed by atoms with E-state index in [2.05, 4.69) is 10.3 Å². The highest BCUT2D eigenvalue weighted by Gasteiger charge is 2.39. The third kappa shape index (κ3) is 6.50. The highest BCUT2D eigenvalue weighted by atomic mass is 19.4. The Hall–Kier alpha value is -3.78. The molecule has 0 spiro atoms. The lowest BCUT2D eigenvalue weighted by atomic mass is 10.0. The number of alkyl halides is 3. The number of carboxylic acid groups (broad SMARTS) is 1. The van der Waals surface area contributed by atoms with Crippen molar-refractivity contribution in [1.82, 2.24) is 9.80 Å². The lowest BCUT2D eigenvalue weighted by Crippen LogP contribution is -2.60. The Bertz CT molecular complexity index is 1320. The number of carbonyl (C=O) groups is 2. The van der Waals surface area contributed by atoms with Gasteiger partial charge in [-0.25, -0.2) is 13.8 Å². The first-order valence-electron chi connectivity index (χ1n) is 12.3. The van der Waals surface area contributed by atoms with Crippen LogP contribution in [-0.4, -0.2) is 78.8 Å². The van der Waals surface area contributed by atoms with Crippen LogP contribution in [0.1, 0.15) is 30.4 Å². The number of rotatable bonds is 7. The van der Waals surface area contributed by atoms with E-state index in [0.29, 0.717) is 13.0 Å². The van der Waals surface area contributed by atoms with Crippen molar-refractivity contribution in [1.29, 1.82) is 0 Å². The number of nitrogens with one attached hydrogen (secondary N) is 1. The predicted molar refractivity (Wildman–Crippen MR) is 134 cm³/mol. The highest BCUT2D eigenvalue weighted by Crippen LogP contribution is 2.40. The molecule has 2 aliphatic heterocycles. The summed E-state index contributed by atoms with van der Waals surface area (Å²) < 4.78 is 80.3. The van der Waals surface area contributed by atoms with Crippen molar-refractivity contribution in [2.45, 2.75) is 37.7 Å². The lowest BCUT2D eigenvalue weighted by Gasteiger charge is -2.45. The first kappa shape index (κ1) is 29.2. The Morgan fingerprint density at radius 1 is 1.10 bits per heavy atom. The molecule has 2 aromatic rings. The van der Waals surface area contributed by atoms with Gasteiger partial charge in [-0.05, 0) is 31.7 Å². The average Bonchev–Trinajstić information content (AvgIpc) is 3.03. The number of ether oxygens (including phenoxy) is 2. The molecule has 0 saturated carbocycles. The van der Waals surface area contributed by atoms with Crippen molar-refractivity contribution >= 4 is 34.8 Å². The van der Waals surface area contributed by atoms with E-state index in [0.717, 1.165) is 30.3 Å². The van der Waals surface area contributed by atoms with E-state index in [4.69, 9.17) is 14.6 Å². The van der Waals surface area contributed by atoms with Crippen LogP contribution in [0.15, 0.2) is 35.3 Å². The SMILES string of the molecule is COCC[C@H]1CN(C2=Nc3cc(F)c(F)cc3Nc3ccc(C(F)(F)F)cc32)C(OC(=O)CCC(=O)O)CN1C. The van der Waals surface area contributed by atoms with Crippen LogP contribution in [0.5, 0.6) is 0 Å². The molecule has 0 radical (unpaired) electrons. The molecule has 2 heterocycles. The fourth-order valence-corrected chi connectivity index (χ4v) is 4.57. The number of likely N-dealkylation sites (N-methyl/N-ethyl adjacent to an activating group) is 1. The largest absolute Gasteiger partial charge is 0.481 e. The number of hydrogen-bond donors (Lipinski definition) is 2. The highest BCUT2D eigenvalue weighted by molar-refractivity contribution is 6.08. The maximum absolute atomic E-state index is 14.2. The van der Waals surface area contributed by atoms with Gasteiger partial charge >= 0.3 is 18.1 Å². The maximum atomic E-state index is 14.2. The molecule has 40 heavy (non-hydrogen) atoms. The molecule has 2 aliphatic rings. The molecule has 2 N–H and O–H groups in total. The van der Waals surface area contributed by atoms with Crippen molar-refractivity contribution in [2.75, 3.05) is 39.2 Å². The van der Waals surface area contributed by atoms with Gasteiger partial charge in [-0.1, -0.05) is 0 Å². The van der Waals surface area contributed by atoms with Crippen LogP contribution in [0, 0.1) is 11.6 Å². The van der Waals surface area contributed by atoms with Gasteiger partial charge in [0.2, 0.25) is 0 Å². The van der Waals surface area contributed by atoms with Crippen molar-refractivity contribution in [3.8, 4) is 0 Å². The third-order valence-electron chi connectivity index (χ3n) is 6.68. The zero-order valence-electron chi connectivity index (χ0n) is 21.6. The van der Waals surface area contributed by atoms with Crippen LogP contribution >= 0.6 is 0 Å². The van der Waals surface area contributed by atoms with Crippen molar-refractivity contribution in [3.63, 3.8) is 0 Å². The van der Waals surface area contributed by atoms with E-state index in [1.54, 1.807) is 7.05 Å². The number of halogens is 5. The quantitative estimate of drug-likeness (QED) is 0.371. The summed E-state index contributed by atoms with van der Waals surface area (Å²) in [4.78, 5) is 31.3. The monoisotopic (exact) mass is 570 g/mol. The molecule has 4 rings (SSSR count). The van der Waals surface area contributed by atoms with Gasteiger partial charge in [0.1, 0.15) is 5.84 Å². The first-order chi connectivity index (χ1) is 18.9. The van der Waals surface area contributed by atoms with Crippen LogP contribution in [0.2, 0.25) is 0 Å². The Labute approximate surface area is 226 Å². The number of nitrogens with zero attached hydrogens (tertiary/aromatic N) is 3. The molecule has 2 aromatic carbocycles. The summed E-state index contributed by atoms with van der Waals surface area (Å²) in [6.45, 7) is 0.574. The summed E-state index contributed by atoms with van der Waals surface area (Å²) in [5, 5.41) is 11.8. The van der Waals surface area contributed by atoms with E-state index in [1.807, 2.05) is 4.90 Å². The molecule has 216 valence electrons. The molecule has 9 nitrogen and oxygen atoms in total. The molecule has 14 heteroatoms. The van der Waals surface area contributed by atoms with Gasteiger partial charge in [0.25, 0.3) is 0 Å². The summed E-state index contributed by atoms with van der Waals surface area (Å²) in [5.74, 6) is -4.48. The molecule has 1 unspecified atom stereocenters. The van der Waals surface area contributed by atoms with Gasteiger partial charge in [0.15, 0.2) is 17.9 Å². The van der Waals surface area contributed by atoms with Crippen molar-refractivity contribution in [3.05, 3.63) is 53.1 Å². The maximum Gasteiger partial charge on any atom is 0.416 e. The van der Waals surface area contributed by atoms with Gasteiger partial charge in [-0.2, -0.15) is 13.2 Å². The van der Waals surface area contributed by atoms with E-state index in [1.165, 1.54) is 12.0 Å². The van der Waals surface area contributed by atoms with Crippen molar-refractivity contribution < 1.29 is 46.1 Å². The fraction of sp³-hybridized carbons (Fsp3) is 0.423. The Balaban J connectivity index is 1.85. The van der Waals surface area contributed by atoms with Crippen molar-refractivity contribution in [2.24, 2.45) is 4.99 Å².